The number of aromatic nitrogens is 2. The lowest BCUT2D eigenvalue weighted by molar-refractivity contribution is -0.136. The van der Waals surface area contributed by atoms with E-state index in [1.165, 1.54) is 6.92 Å². The molecule has 18 N–H and O–H groups in total. The van der Waals surface area contributed by atoms with Gasteiger partial charge in [0, 0.05) is 70.5 Å². The van der Waals surface area contributed by atoms with E-state index >= 15 is 19.2 Å². The lowest BCUT2D eigenvalue weighted by Gasteiger charge is -2.35. The van der Waals surface area contributed by atoms with Gasteiger partial charge in [-0.2, -0.15) is 0 Å². The van der Waals surface area contributed by atoms with Crippen LogP contribution in [0.4, 0.5) is 0 Å². The highest BCUT2D eigenvalue weighted by Crippen LogP contribution is 2.39. The Bertz CT molecular complexity index is 3280. The molecule has 6 aromatic rings. The molecule has 1 aliphatic rings. The molecule has 25 heteroatoms. The minimum Gasteiger partial charge on any atom is -0.391 e. The molecule has 1 aliphatic heterocycles. The van der Waals surface area contributed by atoms with Crippen LogP contribution in [0, 0.1) is 0 Å². The molecule has 0 bridgehead atoms. The Labute approximate surface area is 487 Å². The number of nitrogens with zero attached hydrogens (tertiary/aromatic N) is 1. The Morgan fingerprint density at radius 3 is 1.69 bits per heavy atom. The van der Waals surface area contributed by atoms with E-state index in [0.717, 1.165) is 49.0 Å². The minimum atomic E-state index is -1.61. The molecule has 1 saturated heterocycles. The number of rotatable bonds is 18. The zero-order valence-corrected chi connectivity index (χ0v) is 47.8. The number of aliphatic hydroxyl groups is 1. The van der Waals surface area contributed by atoms with Crippen molar-refractivity contribution in [3.63, 3.8) is 0 Å². The number of aliphatic hydroxyl groups excluding tert-OH is 1. The maximum Gasteiger partial charge on any atom is 0.244 e. The van der Waals surface area contributed by atoms with Gasteiger partial charge in [-0.3, -0.25) is 43.3 Å². The average Bonchev–Trinajstić information content (AvgIpc) is 4.34. The number of fused-ring (bicyclic) bond motifs is 2. The van der Waals surface area contributed by atoms with Crippen molar-refractivity contribution in [2.24, 2.45) is 27.9 Å². The number of aromatic amines is 2. The number of para-hydroxylation sites is 2. The van der Waals surface area contributed by atoms with E-state index in [-0.39, 0.29) is 56.8 Å². The molecule has 440 valence electrons. The van der Waals surface area contributed by atoms with Crippen molar-refractivity contribution in [3.8, 4) is 0 Å². The SMILES string of the molecule is C[C@@H](O)[C@H](NC(=O)[C@@H]1NC(=O)[C@@H](Cc2c[nH]c3ccccc23)NC(=O)[C@H](CCCN=C(N)N)NC(=O)[C@@H](Cc2c[nH]c3ccccc23)NC(=O)[C@H](Cc2ccccc2)NC(=O)[C@@H](NC(=O)[C@H](N)Cc2ccccc2)CSSC1(C)C)C(N)=O. The van der Waals surface area contributed by atoms with Crippen LogP contribution in [0.25, 0.3) is 21.8 Å². The van der Waals surface area contributed by atoms with E-state index in [2.05, 4.69) is 52.2 Å². The summed E-state index contributed by atoms with van der Waals surface area (Å²) >= 11 is 0. The largest absolute Gasteiger partial charge is 0.391 e. The number of aliphatic imine (C=N–C) groups is 1. The van der Waals surface area contributed by atoms with E-state index in [0.29, 0.717) is 16.7 Å². The molecule has 0 saturated carbocycles. The number of H-pyrrole nitrogens is 2. The van der Waals surface area contributed by atoms with Crippen LogP contribution in [0.2, 0.25) is 0 Å². The van der Waals surface area contributed by atoms with Crippen LogP contribution in [0.1, 0.15) is 55.9 Å². The number of benzene rings is 4. The molecule has 0 unspecified atom stereocenters. The third-order valence-corrected chi connectivity index (χ3v) is 17.4. The molecule has 1 fully saturated rings. The monoisotopic (exact) mass is 1170 g/mol. The molecule has 7 rings (SSSR count). The van der Waals surface area contributed by atoms with Gasteiger partial charge in [0.25, 0.3) is 0 Å². The van der Waals surface area contributed by atoms with Crippen LogP contribution in [0.15, 0.2) is 127 Å². The van der Waals surface area contributed by atoms with E-state index in [1.54, 1.807) is 86.9 Å². The van der Waals surface area contributed by atoms with Crippen molar-refractivity contribution >= 4 is 96.6 Å². The molecule has 0 radical (unpaired) electrons. The number of carbonyl (C=O) groups excluding carboxylic acids is 8. The second-order valence-corrected chi connectivity index (χ2v) is 23.9. The number of amides is 8. The summed E-state index contributed by atoms with van der Waals surface area (Å²) in [6.07, 6.45) is 1.74. The Balaban J connectivity index is 1.34. The summed E-state index contributed by atoms with van der Waals surface area (Å²) < 4.78 is -1.40. The van der Waals surface area contributed by atoms with E-state index in [9.17, 15) is 24.3 Å². The van der Waals surface area contributed by atoms with Gasteiger partial charge >= 0.3 is 0 Å². The number of hydrogen-bond donors (Lipinski definition) is 14. The summed E-state index contributed by atoms with van der Waals surface area (Å²) in [7, 11) is 2.07. The van der Waals surface area contributed by atoms with Gasteiger partial charge in [0.15, 0.2) is 5.96 Å². The average molecular weight is 1170 g/mol. The summed E-state index contributed by atoms with van der Waals surface area (Å²) in [4.78, 5) is 127. The van der Waals surface area contributed by atoms with Gasteiger partial charge < -0.3 is 75.2 Å². The van der Waals surface area contributed by atoms with Crippen molar-refractivity contribution in [1.82, 2.24) is 47.2 Å². The zero-order chi connectivity index (χ0) is 59.8. The maximum absolute atomic E-state index is 15.1. The van der Waals surface area contributed by atoms with Crippen molar-refractivity contribution in [2.75, 3.05) is 12.3 Å². The number of primary amides is 1. The van der Waals surface area contributed by atoms with Crippen molar-refractivity contribution in [2.45, 2.75) is 118 Å². The summed E-state index contributed by atoms with van der Waals surface area (Å²) in [5.41, 5.74) is 27.5. The lowest BCUT2D eigenvalue weighted by atomic mass is 9.98. The Morgan fingerprint density at radius 2 is 1.14 bits per heavy atom. The van der Waals surface area contributed by atoms with Crippen LogP contribution >= 0.6 is 21.6 Å². The highest BCUT2D eigenvalue weighted by atomic mass is 33.1. The van der Waals surface area contributed by atoms with Gasteiger partial charge in [-0.05, 0) is 74.4 Å². The molecule has 9 atom stereocenters. The minimum absolute atomic E-state index is 0.0400. The Kier molecular flexibility index (Phi) is 21.8. The predicted octanol–water partition coefficient (Wildman–Crippen LogP) is 0.734. The fourth-order valence-electron chi connectivity index (χ4n) is 9.57. The van der Waals surface area contributed by atoms with Crippen LogP contribution in [0.3, 0.4) is 0 Å². The summed E-state index contributed by atoms with van der Waals surface area (Å²) in [6, 6.07) is 21.1. The molecular formula is C58H72N14O9S2. The lowest BCUT2D eigenvalue weighted by Crippen LogP contribution is -2.64. The standard InChI is InChI=1S/C58H72N14O9S2/c1-32(73)47(49(60)74)71-56(81)48-58(2,3)83-82-31-46(70-50(75)39(59)25-33-15-6-4-7-16-33)55(80)67-43(26-34-17-8-5-9-18-34)52(77)69-44(27-35-29-64-40-21-12-10-19-37(35)40)53(78)66-42(23-14-24-63-57(61)62)51(76)68-45(54(79)72-48)28-36-30-65-41-22-13-11-20-38(36)41/h4-13,15-22,29-30,32,39,42-48,64-65,73H,14,23-28,31,59H2,1-3H3,(H2,60,74)(H,66,78)(H,67,80)(H,68,76)(H,69,77)(H,70,75)(H,71,81)(H,72,79)(H4,61,62,63)/t32-,39-,42+,43+,44-,45-,46+,47+,48+/m1/s1. The predicted molar refractivity (Wildman–Crippen MR) is 321 cm³/mol. The van der Waals surface area contributed by atoms with Gasteiger partial charge in [-0.15, -0.1) is 0 Å². The summed E-state index contributed by atoms with van der Waals surface area (Å²) in [6.45, 7) is 4.50. The Morgan fingerprint density at radius 1 is 0.663 bits per heavy atom. The molecule has 23 nitrogen and oxygen atoms in total. The van der Waals surface area contributed by atoms with Gasteiger partial charge in [-0.1, -0.05) is 119 Å². The molecule has 0 aliphatic carbocycles. The van der Waals surface area contributed by atoms with Gasteiger partial charge in [0.2, 0.25) is 47.3 Å². The third-order valence-electron chi connectivity index (χ3n) is 14.1. The van der Waals surface area contributed by atoms with Crippen LogP contribution in [0.5, 0.6) is 0 Å². The summed E-state index contributed by atoms with van der Waals surface area (Å²) in [5, 5.41) is 31.5. The van der Waals surface area contributed by atoms with Crippen LogP contribution in [-0.4, -0.2) is 140 Å². The first-order chi connectivity index (χ1) is 39.7. The first kappa shape index (κ1) is 62.2. The fourth-order valence-corrected chi connectivity index (χ4v) is 12.4. The zero-order valence-electron chi connectivity index (χ0n) is 46.2. The quantitative estimate of drug-likeness (QED) is 0.0244. The van der Waals surface area contributed by atoms with Crippen molar-refractivity contribution in [1.29, 1.82) is 0 Å². The van der Waals surface area contributed by atoms with E-state index in [1.807, 2.05) is 48.5 Å². The van der Waals surface area contributed by atoms with Crippen LogP contribution < -0.4 is 60.2 Å². The number of nitrogens with two attached hydrogens (primary N) is 4. The third kappa shape index (κ3) is 17.3. The molecule has 3 heterocycles. The second-order valence-electron chi connectivity index (χ2n) is 20.9. The fraction of sp³-hybridized carbons (Fsp3) is 0.362. The highest BCUT2D eigenvalue weighted by molar-refractivity contribution is 8.77. The number of hydrogen-bond acceptors (Lipinski definition) is 13. The number of carbonyl (C=O) groups is 8. The Hall–Kier alpha value is -8.39. The van der Waals surface area contributed by atoms with Crippen LogP contribution in [-0.2, 0) is 64.0 Å². The topological polar surface area (TPSA) is 389 Å². The normalized spacial score (nSPS) is 21.4. The first-order valence-electron chi connectivity index (χ1n) is 27.1. The first-order valence-corrected chi connectivity index (χ1v) is 29.4. The molecule has 2 aromatic heterocycles. The molecule has 4 aromatic carbocycles. The van der Waals surface area contributed by atoms with Crippen molar-refractivity contribution in [3.05, 3.63) is 144 Å². The second kappa shape index (κ2) is 29.0. The van der Waals surface area contributed by atoms with Gasteiger partial charge in [0.1, 0.15) is 42.3 Å². The molecule has 8 amide bonds. The number of guanidine groups is 1. The van der Waals surface area contributed by atoms with Gasteiger partial charge in [0.05, 0.1) is 12.1 Å². The number of nitrogens with one attached hydrogen (secondary N) is 9. The smallest absolute Gasteiger partial charge is 0.244 e. The van der Waals surface area contributed by atoms with E-state index in [4.69, 9.17) is 22.9 Å². The molecule has 0 spiro atoms. The maximum atomic E-state index is 15.1. The molecular weight excluding hydrogens is 1100 g/mol. The molecule has 83 heavy (non-hydrogen) atoms. The van der Waals surface area contributed by atoms with E-state index < -0.39 is 106 Å². The van der Waals surface area contributed by atoms with Gasteiger partial charge in [-0.25, -0.2) is 0 Å². The highest BCUT2D eigenvalue weighted by Gasteiger charge is 2.42. The van der Waals surface area contributed by atoms with Crippen molar-refractivity contribution < 1.29 is 43.5 Å². The summed E-state index contributed by atoms with van der Waals surface area (Å²) in [5.74, 6) is -7.22.